The van der Waals surface area contributed by atoms with Crippen molar-refractivity contribution in [3.63, 3.8) is 0 Å². The number of amides is 1. The van der Waals surface area contributed by atoms with Crippen LogP contribution in [-0.2, 0) is 9.47 Å². The van der Waals surface area contributed by atoms with Gasteiger partial charge in [-0.15, -0.1) is 0 Å². The summed E-state index contributed by atoms with van der Waals surface area (Å²) in [5, 5.41) is 5.94. The summed E-state index contributed by atoms with van der Waals surface area (Å²) in [5.74, 6) is 1.38. The van der Waals surface area contributed by atoms with Crippen molar-refractivity contribution in [2.75, 3.05) is 46.9 Å². The van der Waals surface area contributed by atoms with Gasteiger partial charge in [0.25, 0.3) is 0 Å². The molecule has 1 rings (SSSR count). The van der Waals surface area contributed by atoms with Gasteiger partial charge in [-0.05, 0) is 27.2 Å². The smallest absolute Gasteiger partial charge is 0.407 e. The zero-order valence-corrected chi connectivity index (χ0v) is 14.4. The van der Waals surface area contributed by atoms with Gasteiger partial charge in [0.15, 0.2) is 5.96 Å². The molecular formula is C15H30N4O3. The van der Waals surface area contributed by atoms with Gasteiger partial charge >= 0.3 is 6.09 Å². The molecule has 22 heavy (non-hydrogen) atoms. The lowest BCUT2D eigenvalue weighted by Crippen LogP contribution is -2.44. The van der Waals surface area contributed by atoms with Crippen LogP contribution in [0.25, 0.3) is 0 Å². The van der Waals surface area contributed by atoms with Gasteiger partial charge in [-0.3, -0.25) is 4.99 Å². The third-order valence-corrected chi connectivity index (χ3v) is 3.21. The van der Waals surface area contributed by atoms with Crippen LogP contribution in [0, 0.1) is 5.92 Å². The Morgan fingerprint density at radius 2 is 2.05 bits per heavy atom. The van der Waals surface area contributed by atoms with E-state index >= 15 is 0 Å². The third kappa shape index (κ3) is 7.49. The molecule has 1 heterocycles. The highest BCUT2D eigenvalue weighted by Crippen LogP contribution is 2.13. The molecule has 0 aliphatic carbocycles. The number of carbonyl (C=O) groups is 1. The van der Waals surface area contributed by atoms with Crippen molar-refractivity contribution in [2.45, 2.75) is 32.8 Å². The third-order valence-electron chi connectivity index (χ3n) is 3.21. The van der Waals surface area contributed by atoms with Crippen LogP contribution < -0.4 is 10.6 Å². The van der Waals surface area contributed by atoms with E-state index in [1.165, 1.54) is 0 Å². The molecule has 1 unspecified atom stereocenters. The quantitative estimate of drug-likeness (QED) is 0.451. The first-order valence-corrected chi connectivity index (χ1v) is 7.78. The van der Waals surface area contributed by atoms with Crippen LogP contribution in [0.4, 0.5) is 4.79 Å². The molecule has 1 aliphatic heterocycles. The number of hydrogen-bond acceptors (Lipinski definition) is 4. The van der Waals surface area contributed by atoms with Gasteiger partial charge in [-0.1, -0.05) is 0 Å². The van der Waals surface area contributed by atoms with Gasteiger partial charge in [0, 0.05) is 46.3 Å². The second-order valence-electron chi connectivity index (χ2n) is 6.51. The van der Waals surface area contributed by atoms with E-state index in [2.05, 4.69) is 20.5 Å². The summed E-state index contributed by atoms with van der Waals surface area (Å²) in [4.78, 5) is 17.9. The van der Waals surface area contributed by atoms with Crippen molar-refractivity contribution in [3.8, 4) is 0 Å². The Balaban J connectivity index is 2.22. The van der Waals surface area contributed by atoms with Gasteiger partial charge in [-0.2, -0.15) is 0 Å². The molecule has 0 aromatic carbocycles. The molecule has 1 atom stereocenters. The normalized spacial score (nSPS) is 19.0. The minimum atomic E-state index is -0.475. The molecule has 1 fully saturated rings. The Labute approximate surface area is 133 Å². The largest absolute Gasteiger partial charge is 0.444 e. The summed E-state index contributed by atoms with van der Waals surface area (Å²) < 4.78 is 10.6. The Bertz CT molecular complexity index is 373. The van der Waals surface area contributed by atoms with E-state index in [0.717, 1.165) is 32.1 Å². The first kappa shape index (κ1) is 18.5. The van der Waals surface area contributed by atoms with E-state index in [4.69, 9.17) is 9.47 Å². The number of nitrogens with one attached hydrogen (secondary N) is 2. The van der Waals surface area contributed by atoms with Gasteiger partial charge < -0.3 is 25.0 Å². The minimum Gasteiger partial charge on any atom is -0.444 e. The highest BCUT2D eigenvalue weighted by Gasteiger charge is 2.19. The molecule has 1 saturated heterocycles. The molecule has 0 bridgehead atoms. The van der Waals surface area contributed by atoms with E-state index < -0.39 is 11.7 Å². The standard InChI is InChI=1S/C15H30N4O3/c1-15(2,3)22-14(20)18-8-7-17-13(16-4)19(5)10-12-6-9-21-11-12/h12H,6-11H2,1-5H3,(H,16,17)(H,18,20). The van der Waals surface area contributed by atoms with E-state index in [-0.39, 0.29) is 0 Å². The number of alkyl carbamates (subject to hydrolysis) is 1. The predicted octanol–water partition coefficient (Wildman–Crippen LogP) is 1.05. The molecule has 7 nitrogen and oxygen atoms in total. The minimum absolute atomic E-state index is 0.402. The molecule has 0 spiro atoms. The van der Waals surface area contributed by atoms with Crippen LogP contribution in [0.1, 0.15) is 27.2 Å². The van der Waals surface area contributed by atoms with Gasteiger partial charge in [0.2, 0.25) is 0 Å². The zero-order chi connectivity index (χ0) is 16.6. The summed E-state index contributed by atoms with van der Waals surface area (Å²) in [5.41, 5.74) is -0.475. The molecule has 7 heteroatoms. The molecule has 0 saturated carbocycles. The van der Waals surface area contributed by atoms with Crippen LogP contribution in [0.3, 0.4) is 0 Å². The predicted molar refractivity (Wildman–Crippen MR) is 87.2 cm³/mol. The summed E-state index contributed by atoms with van der Waals surface area (Å²) in [6.45, 7) is 9.19. The summed E-state index contributed by atoms with van der Waals surface area (Å²) in [6, 6.07) is 0. The second-order valence-corrected chi connectivity index (χ2v) is 6.51. The van der Waals surface area contributed by atoms with Gasteiger partial charge in [0.05, 0.1) is 6.61 Å². The number of hydrogen-bond donors (Lipinski definition) is 2. The van der Waals surface area contributed by atoms with Crippen molar-refractivity contribution in [1.82, 2.24) is 15.5 Å². The fourth-order valence-corrected chi connectivity index (χ4v) is 2.24. The lowest BCUT2D eigenvalue weighted by Gasteiger charge is -2.24. The first-order valence-electron chi connectivity index (χ1n) is 7.78. The fraction of sp³-hybridized carbons (Fsp3) is 0.867. The molecule has 1 amide bonds. The van der Waals surface area contributed by atoms with E-state index in [0.29, 0.717) is 19.0 Å². The summed E-state index contributed by atoms with van der Waals surface area (Å²) in [7, 11) is 3.76. The van der Waals surface area contributed by atoms with E-state index in [1.807, 2.05) is 27.8 Å². The maximum Gasteiger partial charge on any atom is 0.407 e. The number of nitrogens with zero attached hydrogens (tertiary/aromatic N) is 2. The average Bonchev–Trinajstić information content (AvgIpc) is 2.89. The average molecular weight is 314 g/mol. The lowest BCUT2D eigenvalue weighted by molar-refractivity contribution is 0.0529. The van der Waals surface area contributed by atoms with Crippen LogP contribution in [0.5, 0.6) is 0 Å². The highest BCUT2D eigenvalue weighted by molar-refractivity contribution is 5.79. The molecular weight excluding hydrogens is 284 g/mol. The topological polar surface area (TPSA) is 75.2 Å². The molecule has 1 aliphatic rings. The van der Waals surface area contributed by atoms with Crippen LogP contribution in [0.2, 0.25) is 0 Å². The highest BCUT2D eigenvalue weighted by atomic mass is 16.6. The molecule has 128 valence electrons. The van der Waals surface area contributed by atoms with Crippen molar-refractivity contribution in [3.05, 3.63) is 0 Å². The van der Waals surface area contributed by atoms with Crippen molar-refractivity contribution in [2.24, 2.45) is 10.9 Å². The number of rotatable bonds is 5. The number of carbonyl (C=O) groups excluding carboxylic acids is 1. The lowest BCUT2D eigenvalue weighted by atomic mass is 10.1. The van der Waals surface area contributed by atoms with E-state index in [9.17, 15) is 4.79 Å². The Hall–Kier alpha value is -1.50. The van der Waals surface area contributed by atoms with Crippen molar-refractivity contribution < 1.29 is 14.3 Å². The Morgan fingerprint density at radius 3 is 2.59 bits per heavy atom. The van der Waals surface area contributed by atoms with Crippen LogP contribution in [0.15, 0.2) is 4.99 Å². The molecule has 0 aromatic heterocycles. The molecule has 0 aromatic rings. The van der Waals surface area contributed by atoms with Gasteiger partial charge in [0.1, 0.15) is 5.60 Å². The SMILES string of the molecule is CN=C(NCCNC(=O)OC(C)(C)C)N(C)CC1CCOC1. The Kier molecular flexibility index (Phi) is 7.44. The zero-order valence-electron chi connectivity index (χ0n) is 14.4. The van der Waals surface area contributed by atoms with Crippen LogP contribution >= 0.6 is 0 Å². The Morgan fingerprint density at radius 1 is 1.36 bits per heavy atom. The van der Waals surface area contributed by atoms with Crippen LogP contribution in [-0.4, -0.2) is 69.5 Å². The molecule has 2 N–H and O–H groups in total. The van der Waals surface area contributed by atoms with Crippen molar-refractivity contribution >= 4 is 12.1 Å². The van der Waals surface area contributed by atoms with Gasteiger partial charge in [-0.25, -0.2) is 4.79 Å². The first-order chi connectivity index (χ1) is 10.3. The number of aliphatic imine (C=N–C) groups is 1. The number of ether oxygens (including phenoxy) is 2. The summed E-state index contributed by atoms with van der Waals surface area (Å²) in [6.07, 6.45) is 0.697. The molecule has 0 radical (unpaired) electrons. The maximum absolute atomic E-state index is 11.5. The van der Waals surface area contributed by atoms with E-state index in [1.54, 1.807) is 7.05 Å². The second kappa shape index (κ2) is 8.82. The monoisotopic (exact) mass is 314 g/mol. The summed E-state index contributed by atoms with van der Waals surface area (Å²) >= 11 is 0. The number of guanidine groups is 1. The van der Waals surface area contributed by atoms with Crippen molar-refractivity contribution in [1.29, 1.82) is 0 Å². The maximum atomic E-state index is 11.5. The fourth-order valence-electron chi connectivity index (χ4n) is 2.24.